The molecule has 2 aromatic heterocycles. The molecule has 1 aromatic carbocycles. The molecule has 10 heteroatoms. The number of hydrogen-bond acceptors (Lipinski definition) is 6. The van der Waals surface area contributed by atoms with Gasteiger partial charge in [0.2, 0.25) is 5.91 Å². The van der Waals surface area contributed by atoms with Crippen molar-refractivity contribution in [3.8, 4) is 0 Å². The zero-order chi connectivity index (χ0) is 20.4. The Morgan fingerprint density at radius 3 is 2.79 bits per heavy atom. The molecule has 0 saturated carbocycles. The monoisotopic (exact) mass is 434 g/mol. The smallest absolute Gasteiger partial charge is 0.233 e. The number of aryl methyl sites for hydroxylation is 1. The number of carbonyl (C=O) groups excluding carboxylic acids is 1. The molecule has 0 unspecified atom stereocenters. The molecule has 4 rings (SSSR count). The molecule has 1 aliphatic rings. The van der Waals surface area contributed by atoms with Gasteiger partial charge in [0.05, 0.1) is 17.3 Å². The number of carbonyl (C=O) groups is 1. The lowest BCUT2D eigenvalue weighted by atomic mass is 10.2. The third-order valence-electron chi connectivity index (χ3n) is 4.99. The molecule has 0 aliphatic carbocycles. The highest BCUT2D eigenvalue weighted by Gasteiger charge is 2.23. The molecular weight excluding hydrogens is 415 g/mol. The Morgan fingerprint density at radius 2 is 2.03 bits per heavy atom. The number of piperazine rings is 1. The van der Waals surface area contributed by atoms with Crippen LogP contribution in [-0.4, -0.2) is 67.4 Å². The van der Waals surface area contributed by atoms with Crippen LogP contribution in [0, 0.1) is 5.82 Å². The number of rotatable bonds is 5. The Kier molecular flexibility index (Phi) is 5.98. The average molecular weight is 435 g/mol. The van der Waals surface area contributed by atoms with Crippen LogP contribution < -0.4 is 0 Å². The molecule has 0 spiro atoms. The first-order valence-electron chi connectivity index (χ1n) is 9.21. The third-order valence-corrected chi connectivity index (χ3v) is 6.34. The summed E-state index contributed by atoms with van der Waals surface area (Å²) in [5.41, 5.74) is 1.25. The Balaban J connectivity index is 1.31. The number of fused-ring (bicyclic) bond motifs is 1. The van der Waals surface area contributed by atoms with Gasteiger partial charge in [-0.25, -0.2) is 14.4 Å². The summed E-state index contributed by atoms with van der Waals surface area (Å²) in [6.07, 6.45) is 3.21. The largest absolute Gasteiger partial charge is 0.339 e. The molecule has 0 bridgehead atoms. The van der Waals surface area contributed by atoms with Gasteiger partial charge in [0.25, 0.3) is 0 Å². The predicted octanol–water partition coefficient (Wildman–Crippen LogP) is 2.59. The van der Waals surface area contributed by atoms with E-state index in [0.717, 1.165) is 16.1 Å². The van der Waals surface area contributed by atoms with Crippen molar-refractivity contribution >= 4 is 40.3 Å². The molecule has 152 valence electrons. The first kappa shape index (κ1) is 20.1. The average Bonchev–Trinajstić information content (AvgIpc) is 3.11. The number of hydrogen-bond donors (Lipinski definition) is 0. The van der Waals surface area contributed by atoms with Gasteiger partial charge in [0.1, 0.15) is 17.2 Å². The second kappa shape index (κ2) is 8.64. The molecule has 1 fully saturated rings. The molecule has 3 aromatic rings. The third kappa shape index (κ3) is 4.36. The van der Waals surface area contributed by atoms with Crippen molar-refractivity contribution in [1.82, 2.24) is 29.5 Å². The molecule has 7 nitrogen and oxygen atoms in total. The van der Waals surface area contributed by atoms with E-state index >= 15 is 0 Å². The van der Waals surface area contributed by atoms with Gasteiger partial charge in [-0.3, -0.25) is 14.4 Å². The Hall–Kier alpha value is -2.23. The SMILES string of the molecule is Cn1ncc2c(SCC(=O)N3CCN(Cc4c(F)cccc4Cl)CC3)ncnc21. The number of halogens is 2. The van der Waals surface area contributed by atoms with Crippen LogP contribution in [-0.2, 0) is 18.4 Å². The van der Waals surface area contributed by atoms with Gasteiger partial charge in [0, 0.05) is 50.4 Å². The molecule has 0 N–H and O–H groups in total. The van der Waals surface area contributed by atoms with E-state index in [1.807, 2.05) is 11.9 Å². The summed E-state index contributed by atoms with van der Waals surface area (Å²) in [4.78, 5) is 25.1. The van der Waals surface area contributed by atoms with E-state index in [2.05, 4.69) is 20.0 Å². The predicted molar refractivity (Wildman–Crippen MR) is 110 cm³/mol. The van der Waals surface area contributed by atoms with E-state index in [1.165, 1.54) is 24.2 Å². The Bertz CT molecular complexity index is 1020. The maximum atomic E-state index is 14.0. The van der Waals surface area contributed by atoms with Gasteiger partial charge in [-0.2, -0.15) is 5.10 Å². The van der Waals surface area contributed by atoms with Crippen molar-refractivity contribution < 1.29 is 9.18 Å². The van der Waals surface area contributed by atoms with E-state index < -0.39 is 0 Å². The number of aromatic nitrogens is 4. The zero-order valence-corrected chi connectivity index (χ0v) is 17.5. The van der Waals surface area contributed by atoms with E-state index in [1.54, 1.807) is 23.0 Å². The summed E-state index contributed by atoms with van der Waals surface area (Å²) in [5, 5.41) is 6.23. The lowest BCUT2D eigenvalue weighted by Gasteiger charge is -2.35. The first-order valence-corrected chi connectivity index (χ1v) is 10.6. The topological polar surface area (TPSA) is 67.2 Å². The van der Waals surface area contributed by atoms with Crippen LogP contribution in [0.15, 0.2) is 35.7 Å². The van der Waals surface area contributed by atoms with Crippen LogP contribution >= 0.6 is 23.4 Å². The van der Waals surface area contributed by atoms with Gasteiger partial charge in [-0.15, -0.1) is 0 Å². The summed E-state index contributed by atoms with van der Waals surface area (Å²) in [6.45, 7) is 3.03. The quantitative estimate of drug-likeness (QED) is 0.454. The van der Waals surface area contributed by atoms with Crippen molar-refractivity contribution in [3.05, 3.63) is 47.1 Å². The first-order chi connectivity index (χ1) is 14.0. The van der Waals surface area contributed by atoms with Crippen LogP contribution in [0.4, 0.5) is 4.39 Å². The van der Waals surface area contributed by atoms with Crippen LogP contribution in [0.25, 0.3) is 11.0 Å². The van der Waals surface area contributed by atoms with Crippen LogP contribution in [0.5, 0.6) is 0 Å². The molecule has 1 amide bonds. The fourth-order valence-corrected chi connectivity index (χ4v) is 4.43. The van der Waals surface area contributed by atoms with Crippen molar-refractivity contribution in [2.24, 2.45) is 7.05 Å². The highest BCUT2D eigenvalue weighted by molar-refractivity contribution is 8.00. The van der Waals surface area contributed by atoms with E-state index in [4.69, 9.17) is 11.6 Å². The fraction of sp³-hybridized carbons (Fsp3) is 0.368. The van der Waals surface area contributed by atoms with Gasteiger partial charge in [0.15, 0.2) is 5.65 Å². The molecule has 1 saturated heterocycles. The molecule has 0 atom stereocenters. The highest BCUT2D eigenvalue weighted by atomic mass is 35.5. The Labute approximate surface area is 176 Å². The van der Waals surface area contributed by atoms with Crippen LogP contribution in [0.3, 0.4) is 0 Å². The lowest BCUT2D eigenvalue weighted by Crippen LogP contribution is -2.48. The zero-order valence-electron chi connectivity index (χ0n) is 15.9. The molecule has 1 aliphatic heterocycles. The van der Waals surface area contributed by atoms with E-state index in [0.29, 0.717) is 49.1 Å². The van der Waals surface area contributed by atoms with Gasteiger partial charge < -0.3 is 4.90 Å². The standard InChI is InChI=1S/C19H20ClFN6OS/c1-25-18-13(9-24-25)19(23-12-22-18)29-11-17(28)27-7-5-26(6-8-27)10-14-15(20)3-2-4-16(14)21/h2-4,9,12H,5-8,10-11H2,1H3. The summed E-state index contributed by atoms with van der Waals surface area (Å²) < 4.78 is 15.7. The minimum Gasteiger partial charge on any atom is -0.339 e. The van der Waals surface area contributed by atoms with E-state index in [9.17, 15) is 9.18 Å². The Morgan fingerprint density at radius 1 is 1.24 bits per heavy atom. The molecule has 29 heavy (non-hydrogen) atoms. The molecule has 0 radical (unpaired) electrons. The summed E-state index contributed by atoms with van der Waals surface area (Å²) >= 11 is 7.52. The van der Waals surface area contributed by atoms with Crippen molar-refractivity contribution in [2.75, 3.05) is 31.9 Å². The van der Waals surface area contributed by atoms with Gasteiger partial charge >= 0.3 is 0 Å². The number of nitrogens with zero attached hydrogens (tertiary/aromatic N) is 6. The lowest BCUT2D eigenvalue weighted by molar-refractivity contribution is -0.130. The summed E-state index contributed by atoms with van der Waals surface area (Å²) in [5.74, 6) is 0.0772. The van der Waals surface area contributed by atoms with Crippen LogP contribution in [0.1, 0.15) is 5.56 Å². The van der Waals surface area contributed by atoms with Gasteiger partial charge in [-0.05, 0) is 12.1 Å². The number of amides is 1. The normalized spacial score (nSPS) is 15.2. The van der Waals surface area contributed by atoms with Crippen LogP contribution in [0.2, 0.25) is 5.02 Å². The molecule has 3 heterocycles. The van der Waals surface area contributed by atoms with Crippen molar-refractivity contribution in [3.63, 3.8) is 0 Å². The van der Waals surface area contributed by atoms with Crippen molar-refractivity contribution in [2.45, 2.75) is 11.6 Å². The fourth-order valence-electron chi connectivity index (χ4n) is 3.34. The van der Waals surface area contributed by atoms with Gasteiger partial charge in [-0.1, -0.05) is 29.4 Å². The number of benzene rings is 1. The maximum Gasteiger partial charge on any atom is 0.233 e. The highest BCUT2D eigenvalue weighted by Crippen LogP contribution is 2.25. The second-order valence-corrected chi connectivity index (χ2v) is 8.20. The maximum absolute atomic E-state index is 14.0. The summed E-state index contributed by atoms with van der Waals surface area (Å²) in [7, 11) is 1.82. The van der Waals surface area contributed by atoms with Crippen molar-refractivity contribution in [1.29, 1.82) is 0 Å². The number of thioether (sulfide) groups is 1. The second-order valence-electron chi connectivity index (χ2n) is 6.83. The summed E-state index contributed by atoms with van der Waals surface area (Å²) in [6, 6.07) is 4.72. The minimum atomic E-state index is -0.293. The minimum absolute atomic E-state index is 0.0641. The molecular formula is C19H20ClFN6OS. The van der Waals surface area contributed by atoms with E-state index in [-0.39, 0.29) is 11.7 Å².